The van der Waals surface area contributed by atoms with E-state index in [4.69, 9.17) is 4.98 Å². The van der Waals surface area contributed by atoms with Crippen LogP contribution < -0.4 is 0 Å². The molecule has 10 rings (SSSR count). The highest BCUT2D eigenvalue weighted by Gasteiger charge is 2.38. The van der Waals surface area contributed by atoms with Crippen molar-refractivity contribution in [1.82, 2.24) is 4.98 Å². The van der Waals surface area contributed by atoms with E-state index in [9.17, 15) is 0 Å². The van der Waals surface area contributed by atoms with Crippen molar-refractivity contribution in [1.29, 1.82) is 0 Å². The molecular formula is C54H39N. The molecule has 1 aliphatic rings. The topological polar surface area (TPSA) is 12.9 Å². The number of hydrogen-bond acceptors (Lipinski definition) is 1. The summed E-state index contributed by atoms with van der Waals surface area (Å²) in [4.78, 5) is 5.06. The molecule has 55 heavy (non-hydrogen) atoms. The summed E-state index contributed by atoms with van der Waals surface area (Å²) in [6.45, 7) is 4.77. The molecule has 1 aromatic heterocycles. The fraction of sp³-hybridized carbons (Fsp3) is 0.0556. The smallest absolute Gasteiger partial charge is 0.0715 e. The summed E-state index contributed by atoms with van der Waals surface area (Å²) in [6, 6.07) is 72.5. The molecular weight excluding hydrogens is 663 g/mol. The molecule has 9 aromatic rings. The van der Waals surface area contributed by atoms with Crippen LogP contribution in [0, 0.1) is 0 Å². The van der Waals surface area contributed by atoms with Crippen molar-refractivity contribution in [2.45, 2.75) is 19.3 Å². The van der Waals surface area contributed by atoms with Crippen molar-refractivity contribution in [3.05, 3.63) is 211 Å². The largest absolute Gasteiger partial charge is 0.248 e. The second-order valence-corrected chi connectivity index (χ2v) is 15.2. The molecule has 8 aromatic carbocycles. The van der Waals surface area contributed by atoms with Crippen LogP contribution in [-0.2, 0) is 5.41 Å². The van der Waals surface area contributed by atoms with Crippen LogP contribution in [0.2, 0.25) is 0 Å². The highest BCUT2D eigenvalue weighted by atomic mass is 14.7. The van der Waals surface area contributed by atoms with Gasteiger partial charge in [0.05, 0.1) is 11.4 Å². The Morgan fingerprint density at radius 2 is 0.782 bits per heavy atom. The third-order valence-corrected chi connectivity index (χ3v) is 11.5. The fourth-order valence-corrected chi connectivity index (χ4v) is 8.55. The summed E-state index contributed by atoms with van der Waals surface area (Å²) in [5.74, 6) is 0. The lowest BCUT2D eigenvalue weighted by Crippen LogP contribution is -2.15. The number of aromatic nitrogens is 1. The Bertz CT molecular complexity index is 2780. The molecule has 0 saturated carbocycles. The minimum Gasteiger partial charge on any atom is -0.248 e. The Kier molecular flexibility index (Phi) is 7.89. The van der Waals surface area contributed by atoms with Crippen molar-refractivity contribution in [3.63, 3.8) is 0 Å². The lowest BCUT2D eigenvalue weighted by atomic mass is 9.80. The quantitative estimate of drug-likeness (QED) is 0.168. The van der Waals surface area contributed by atoms with Crippen molar-refractivity contribution in [3.8, 4) is 78.1 Å². The van der Waals surface area contributed by atoms with Crippen LogP contribution in [0.3, 0.4) is 0 Å². The van der Waals surface area contributed by atoms with Crippen molar-refractivity contribution < 1.29 is 0 Å². The van der Waals surface area contributed by atoms with Gasteiger partial charge in [0, 0.05) is 16.5 Å². The van der Waals surface area contributed by atoms with E-state index in [-0.39, 0.29) is 5.41 Å². The first-order valence-electron chi connectivity index (χ1n) is 19.1. The number of benzene rings is 8. The number of fused-ring (bicyclic) bond motifs is 4. The zero-order chi connectivity index (χ0) is 36.9. The number of pyridine rings is 1. The van der Waals surface area contributed by atoms with Gasteiger partial charge in [0.25, 0.3) is 0 Å². The summed E-state index contributed by atoms with van der Waals surface area (Å²) >= 11 is 0. The van der Waals surface area contributed by atoms with Gasteiger partial charge in [-0.15, -0.1) is 0 Å². The van der Waals surface area contributed by atoms with Gasteiger partial charge in [-0.05, 0) is 102 Å². The van der Waals surface area contributed by atoms with Crippen molar-refractivity contribution in [2.24, 2.45) is 0 Å². The second kappa shape index (κ2) is 13.2. The standard InChI is InChI=1S/C54H39N/c1-54(2)48-32-43(30-31-47(48)53-49(54)33-44-20-12-13-21-46(44)52(53)42-18-10-5-11-19-42)38-26-22-36(23-27-38)37-24-28-39(29-25-37)45-34-50(40-14-6-3-7-15-40)55-51(35-45)41-16-8-4-9-17-41/h3-35H,1-2H3. The van der Waals surface area contributed by atoms with Gasteiger partial charge in [0.15, 0.2) is 0 Å². The highest BCUT2D eigenvalue weighted by Crippen LogP contribution is 2.55. The Labute approximate surface area is 323 Å². The van der Waals surface area contributed by atoms with E-state index in [0.717, 1.165) is 28.1 Å². The molecule has 0 radical (unpaired) electrons. The lowest BCUT2D eigenvalue weighted by molar-refractivity contribution is 0.661. The zero-order valence-corrected chi connectivity index (χ0v) is 31.0. The van der Waals surface area contributed by atoms with Crippen LogP contribution in [0.15, 0.2) is 200 Å². The Balaban J connectivity index is 0.972. The van der Waals surface area contributed by atoms with E-state index < -0.39 is 0 Å². The number of rotatable bonds is 6. The summed E-state index contributed by atoms with van der Waals surface area (Å²) in [5.41, 5.74) is 19.3. The first-order valence-corrected chi connectivity index (χ1v) is 19.1. The van der Waals surface area contributed by atoms with Crippen LogP contribution in [0.4, 0.5) is 0 Å². The molecule has 1 nitrogen and oxygen atoms in total. The molecule has 0 atom stereocenters. The van der Waals surface area contributed by atoms with E-state index in [1.54, 1.807) is 0 Å². The third-order valence-electron chi connectivity index (χ3n) is 11.5. The molecule has 0 spiro atoms. The first-order chi connectivity index (χ1) is 27.0. The van der Waals surface area contributed by atoms with Gasteiger partial charge >= 0.3 is 0 Å². The zero-order valence-electron chi connectivity index (χ0n) is 31.0. The van der Waals surface area contributed by atoms with Gasteiger partial charge in [-0.1, -0.05) is 190 Å². The highest BCUT2D eigenvalue weighted by molar-refractivity contribution is 6.08. The predicted molar refractivity (Wildman–Crippen MR) is 232 cm³/mol. The summed E-state index contributed by atoms with van der Waals surface area (Å²) < 4.78 is 0. The molecule has 1 aliphatic carbocycles. The van der Waals surface area contributed by atoms with Crippen LogP contribution in [0.1, 0.15) is 25.0 Å². The van der Waals surface area contributed by atoms with Crippen molar-refractivity contribution >= 4 is 10.8 Å². The molecule has 260 valence electrons. The Morgan fingerprint density at radius 1 is 0.327 bits per heavy atom. The maximum Gasteiger partial charge on any atom is 0.0715 e. The van der Waals surface area contributed by atoms with Crippen molar-refractivity contribution in [2.75, 3.05) is 0 Å². The summed E-state index contributed by atoms with van der Waals surface area (Å²) in [5, 5.41) is 2.60. The molecule has 1 heteroatoms. The van der Waals surface area contributed by atoms with Crippen LogP contribution in [0.5, 0.6) is 0 Å². The van der Waals surface area contributed by atoms with Crippen LogP contribution in [0.25, 0.3) is 88.9 Å². The minimum atomic E-state index is -0.130. The molecule has 1 heterocycles. The van der Waals surface area contributed by atoms with Gasteiger partial charge < -0.3 is 0 Å². The molecule has 0 amide bonds. The normalized spacial score (nSPS) is 12.7. The predicted octanol–water partition coefficient (Wildman–Crippen LogP) is 14.5. The molecule has 0 bridgehead atoms. The SMILES string of the molecule is CC1(C)c2cc(-c3ccc(-c4ccc(-c5cc(-c6ccccc6)nc(-c6ccccc6)c5)cc4)cc3)ccc2-c2c1cc1ccccc1c2-c1ccccc1. The fourth-order valence-electron chi connectivity index (χ4n) is 8.55. The van der Waals surface area contributed by atoms with Crippen LogP contribution >= 0.6 is 0 Å². The van der Waals surface area contributed by atoms with E-state index in [0.29, 0.717) is 0 Å². The Hall–Kier alpha value is -6.83. The van der Waals surface area contributed by atoms with E-state index in [1.807, 2.05) is 12.1 Å². The van der Waals surface area contributed by atoms with Crippen LogP contribution in [-0.4, -0.2) is 4.98 Å². The van der Waals surface area contributed by atoms with Gasteiger partial charge in [-0.25, -0.2) is 4.98 Å². The number of hydrogen-bond donors (Lipinski definition) is 0. The average molecular weight is 702 g/mol. The lowest BCUT2D eigenvalue weighted by Gasteiger charge is -2.23. The average Bonchev–Trinajstić information content (AvgIpc) is 3.48. The second-order valence-electron chi connectivity index (χ2n) is 15.2. The molecule has 0 aliphatic heterocycles. The van der Waals surface area contributed by atoms with E-state index in [1.165, 1.54) is 72.0 Å². The first kappa shape index (κ1) is 32.8. The minimum absolute atomic E-state index is 0.130. The molecule has 0 unspecified atom stereocenters. The van der Waals surface area contributed by atoms with Gasteiger partial charge in [0.1, 0.15) is 0 Å². The summed E-state index contributed by atoms with van der Waals surface area (Å²) in [7, 11) is 0. The van der Waals surface area contributed by atoms with E-state index in [2.05, 4.69) is 202 Å². The monoisotopic (exact) mass is 701 g/mol. The van der Waals surface area contributed by atoms with Gasteiger partial charge in [0.2, 0.25) is 0 Å². The third kappa shape index (κ3) is 5.77. The Morgan fingerprint density at radius 3 is 1.35 bits per heavy atom. The molecule has 0 saturated heterocycles. The van der Waals surface area contributed by atoms with Gasteiger partial charge in [-0.2, -0.15) is 0 Å². The van der Waals surface area contributed by atoms with E-state index >= 15 is 0 Å². The van der Waals surface area contributed by atoms with Gasteiger partial charge in [-0.3, -0.25) is 0 Å². The maximum atomic E-state index is 5.06. The maximum absolute atomic E-state index is 5.06. The molecule has 0 N–H and O–H groups in total. The number of nitrogens with zero attached hydrogens (tertiary/aromatic N) is 1. The summed E-state index contributed by atoms with van der Waals surface area (Å²) in [6.07, 6.45) is 0. The molecule has 0 fully saturated rings.